The van der Waals surface area contributed by atoms with E-state index in [2.05, 4.69) is 5.32 Å². The van der Waals surface area contributed by atoms with E-state index in [0.29, 0.717) is 5.69 Å². The van der Waals surface area contributed by atoms with Crippen LogP contribution in [0.1, 0.15) is 44.2 Å². The average molecular weight is 386 g/mol. The van der Waals surface area contributed by atoms with Crippen LogP contribution in [-0.4, -0.2) is 41.7 Å². The number of rotatable bonds is 5. The molecule has 0 saturated heterocycles. The maximum absolute atomic E-state index is 12.9. The molecule has 0 saturated carbocycles. The number of carbonyl (C=O) groups excluding carboxylic acids is 4. The second-order valence-corrected chi connectivity index (χ2v) is 7.28. The van der Waals surface area contributed by atoms with Crippen LogP contribution in [-0.2, 0) is 9.53 Å². The van der Waals surface area contributed by atoms with Crippen LogP contribution in [0.4, 0.5) is 5.69 Å². The van der Waals surface area contributed by atoms with Crippen LogP contribution in [0.3, 0.4) is 0 Å². The van der Waals surface area contributed by atoms with E-state index >= 15 is 0 Å². The van der Waals surface area contributed by atoms with Gasteiger partial charge in [-0.25, -0.2) is 4.79 Å². The third kappa shape index (κ3) is 3.23. The third-order valence-electron chi connectivity index (χ3n) is 4.30. The predicted octanol–water partition coefficient (Wildman–Crippen LogP) is 2.79. The highest BCUT2D eigenvalue weighted by atomic mass is 32.1. The first-order valence-electron chi connectivity index (χ1n) is 8.30. The quantitative estimate of drug-likeness (QED) is 0.630. The zero-order valence-corrected chi connectivity index (χ0v) is 15.8. The van der Waals surface area contributed by atoms with E-state index in [9.17, 15) is 19.2 Å². The molecule has 8 heteroatoms. The number of methoxy groups -OCH3 is 1. The van der Waals surface area contributed by atoms with Gasteiger partial charge in [-0.2, -0.15) is 0 Å². The van der Waals surface area contributed by atoms with Crippen LogP contribution < -0.4 is 5.32 Å². The van der Waals surface area contributed by atoms with Crippen LogP contribution in [0.25, 0.3) is 0 Å². The summed E-state index contributed by atoms with van der Waals surface area (Å²) in [5.74, 6) is -2.43. The van der Waals surface area contributed by atoms with Crippen molar-refractivity contribution < 1.29 is 23.9 Å². The molecule has 3 rings (SSSR count). The molecule has 140 valence electrons. The summed E-state index contributed by atoms with van der Waals surface area (Å²) in [6.45, 7) is 3.51. The summed E-state index contributed by atoms with van der Waals surface area (Å²) in [4.78, 5) is 51.5. The van der Waals surface area contributed by atoms with Crippen LogP contribution in [0.5, 0.6) is 0 Å². The minimum Gasteiger partial charge on any atom is -0.465 e. The Morgan fingerprint density at radius 2 is 1.67 bits per heavy atom. The maximum atomic E-state index is 12.9. The number of fused-ring (bicyclic) bond motifs is 1. The van der Waals surface area contributed by atoms with E-state index in [4.69, 9.17) is 4.74 Å². The smallest absolute Gasteiger partial charge is 0.350 e. The Morgan fingerprint density at radius 3 is 2.19 bits per heavy atom. The van der Waals surface area contributed by atoms with Gasteiger partial charge in [-0.15, -0.1) is 11.3 Å². The SMILES string of the molecule is COC(=O)c1sccc1NC(=O)[C@@H](C(C)C)N1C(=O)c2ccccc2C1=O. The van der Waals surface area contributed by atoms with Gasteiger partial charge in [0.05, 0.1) is 23.9 Å². The fraction of sp³-hybridized carbons (Fsp3) is 0.263. The van der Waals surface area contributed by atoms with Crippen molar-refractivity contribution in [3.63, 3.8) is 0 Å². The number of thiophene rings is 1. The molecule has 1 atom stereocenters. The lowest BCUT2D eigenvalue weighted by atomic mass is 10.0. The lowest BCUT2D eigenvalue weighted by molar-refractivity contribution is -0.121. The molecule has 1 N–H and O–H groups in total. The molecule has 3 amide bonds. The third-order valence-corrected chi connectivity index (χ3v) is 5.19. The van der Waals surface area contributed by atoms with Gasteiger partial charge in [-0.1, -0.05) is 26.0 Å². The number of hydrogen-bond acceptors (Lipinski definition) is 6. The van der Waals surface area contributed by atoms with Crippen molar-refractivity contribution in [2.75, 3.05) is 12.4 Å². The normalized spacial score (nSPS) is 14.3. The molecule has 0 spiro atoms. The number of imide groups is 1. The van der Waals surface area contributed by atoms with E-state index in [1.54, 1.807) is 49.6 Å². The second kappa shape index (κ2) is 7.32. The zero-order valence-electron chi connectivity index (χ0n) is 15.0. The Bertz CT molecular complexity index is 899. The second-order valence-electron chi connectivity index (χ2n) is 6.36. The largest absolute Gasteiger partial charge is 0.465 e. The maximum Gasteiger partial charge on any atom is 0.350 e. The van der Waals surface area contributed by atoms with Crippen LogP contribution in [0.15, 0.2) is 35.7 Å². The lowest BCUT2D eigenvalue weighted by Crippen LogP contribution is -2.50. The molecule has 27 heavy (non-hydrogen) atoms. The minimum atomic E-state index is -1.01. The van der Waals surface area contributed by atoms with E-state index < -0.39 is 29.7 Å². The van der Waals surface area contributed by atoms with Gasteiger partial charge in [-0.05, 0) is 29.5 Å². The standard InChI is InChI=1S/C19H18N2O5S/c1-10(2)14(16(22)20-13-8-9-27-15(13)19(25)26-3)21-17(23)11-6-4-5-7-12(11)18(21)24/h4-10,14H,1-3H3,(H,20,22)/t14-/m1/s1. The van der Waals surface area contributed by atoms with Crippen molar-refractivity contribution in [1.29, 1.82) is 0 Å². The molecule has 1 aromatic carbocycles. The Morgan fingerprint density at radius 1 is 1.07 bits per heavy atom. The van der Waals surface area contributed by atoms with Crippen molar-refractivity contribution in [2.24, 2.45) is 5.92 Å². The highest BCUT2D eigenvalue weighted by molar-refractivity contribution is 7.12. The zero-order chi connectivity index (χ0) is 19.7. The summed E-state index contributed by atoms with van der Waals surface area (Å²) in [7, 11) is 1.25. The average Bonchev–Trinajstić information content (AvgIpc) is 3.20. The Balaban J connectivity index is 1.90. The highest BCUT2D eigenvalue weighted by Crippen LogP contribution is 2.29. The molecular weight excluding hydrogens is 368 g/mol. The summed E-state index contributed by atoms with van der Waals surface area (Å²) in [5.41, 5.74) is 0.859. The van der Waals surface area contributed by atoms with E-state index in [1.807, 2.05) is 0 Å². The van der Waals surface area contributed by atoms with Gasteiger partial charge in [0.1, 0.15) is 10.9 Å². The molecule has 0 aliphatic carbocycles. The Kier molecular flexibility index (Phi) is 5.09. The highest BCUT2D eigenvalue weighted by Gasteiger charge is 2.44. The van der Waals surface area contributed by atoms with Crippen LogP contribution in [0, 0.1) is 5.92 Å². The fourth-order valence-electron chi connectivity index (χ4n) is 3.04. The minimum absolute atomic E-state index is 0.246. The van der Waals surface area contributed by atoms with Gasteiger partial charge in [0, 0.05) is 0 Å². The van der Waals surface area contributed by atoms with Crippen LogP contribution in [0.2, 0.25) is 0 Å². The number of ether oxygens (including phenoxy) is 1. The first-order valence-corrected chi connectivity index (χ1v) is 9.18. The number of esters is 1. The summed E-state index contributed by atoms with van der Waals surface area (Å²) >= 11 is 1.13. The Labute approximate surface area is 159 Å². The molecule has 7 nitrogen and oxygen atoms in total. The van der Waals surface area contributed by atoms with Crippen molar-refractivity contribution >= 4 is 40.7 Å². The molecule has 1 aliphatic heterocycles. The fourth-order valence-corrected chi connectivity index (χ4v) is 3.81. The molecular formula is C19H18N2O5S. The first-order chi connectivity index (χ1) is 12.9. The van der Waals surface area contributed by atoms with Gasteiger partial charge in [-0.3, -0.25) is 19.3 Å². The van der Waals surface area contributed by atoms with Crippen LogP contribution >= 0.6 is 11.3 Å². The number of nitrogens with one attached hydrogen (secondary N) is 1. The van der Waals surface area contributed by atoms with Crippen molar-refractivity contribution in [3.8, 4) is 0 Å². The van der Waals surface area contributed by atoms with Crippen molar-refractivity contribution in [2.45, 2.75) is 19.9 Å². The molecule has 1 aliphatic rings. The summed E-state index contributed by atoms with van der Waals surface area (Å²) < 4.78 is 4.70. The van der Waals surface area contributed by atoms with E-state index in [0.717, 1.165) is 16.2 Å². The lowest BCUT2D eigenvalue weighted by Gasteiger charge is -2.28. The topological polar surface area (TPSA) is 92.8 Å². The number of carbonyl (C=O) groups is 4. The summed E-state index contributed by atoms with van der Waals surface area (Å²) in [5, 5.41) is 4.30. The molecule has 0 bridgehead atoms. The summed E-state index contributed by atoms with van der Waals surface area (Å²) in [6.07, 6.45) is 0. The predicted molar refractivity (Wildman–Crippen MR) is 99.9 cm³/mol. The van der Waals surface area contributed by atoms with E-state index in [1.165, 1.54) is 7.11 Å². The Hall–Kier alpha value is -3.00. The van der Waals surface area contributed by atoms with Gasteiger partial charge in [0.15, 0.2) is 0 Å². The molecule has 0 radical (unpaired) electrons. The van der Waals surface area contributed by atoms with E-state index in [-0.39, 0.29) is 21.9 Å². The number of amides is 3. The van der Waals surface area contributed by atoms with Crippen molar-refractivity contribution in [3.05, 3.63) is 51.7 Å². The summed E-state index contributed by atoms with van der Waals surface area (Å²) in [6, 6.07) is 7.05. The molecule has 0 fully saturated rings. The monoisotopic (exact) mass is 386 g/mol. The van der Waals surface area contributed by atoms with Crippen molar-refractivity contribution in [1.82, 2.24) is 4.90 Å². The van der Waals surface area contributed by atoms with Gasteiger partial charge in [0.25, 0.3) is 11.8 Å². The molecule has 2 aromatic rings. The number of hydrogen-bond donors (Lipinski definition) is 1. The van der Waals surface area contributed by atoms with Gasteiger partial charge < -0.3 is 10.1 Å². The van der Waals surface area contributed by atoms with Gasteiger partial charge >= 0.3 is 5.97 Å². The molecule has 1 aromatic heterocycles. The van der Waals surface area contributed by atoms with Gasteiger partial charge in [0.2, 0.25) is 5.91 Å². The number of nitrogens with zero attached hydrogens (tertiary/aromatic N) is 1. The first kappa shape index (κ1) is 18.8. The molecule has 0 unspecified atom stereocenters. The number of benzene rings is 1. The number of anilines is 1. The molecule has 2 heterocycles.